The Hall–Kier alpha value is -3.47. The molecule has 1 aromatic carbocycles. The molecule has 5 heteroatoms. The molecule has 0 amide bonds. The Morgan fingerprint density at radius 3 is 2.60 bits per heavy atom. The summed E-state index contributed by atoms with van der Waals surface area (Å²) in [4.78, 5) is 13.0. The summed E-state index contributed by atoms with van der Waals surface area (Å²) < 4.78 is 2.05. The summed E-state index contributed by atoms with van der Waals surface area (Å²) in [5.74, 6) is 0.476. The van der Waals surface area contributed by atoms with Gasteiger partial charge in [-0.3, -0.25) is 4.98 Å². The number of pyridine rings is 1. The number of nitrogens with two attached hydrogens (primary N) is 1. The van der Waals surface area contributed by atoms with Crippen LogP contribution in [-0.4, -0.2) is 19.5 Å². The van der Waals surface area contributed by atoms with E-state index in [-0.39, 0.29) is 0 Å². The van der Waals surface area contributed by atoms with Crippen molar-refractivity contribution >= 4 is 22.9 Å². The summed E-state index contributed by atoms with van der Waals surface area (Å²) in [5, 5.41) is 0.864. The first-order valence-corrected chi connectivity index (χ1v) is 7.94. The van der Waals surface area contributed by atoms with Gasteiger partial charge in [-0.2, -0.15) is 0 Å². The van der Waals surface area contributed by atoms with E-state index in [9.17, 15) is 0 Å². The van der Waals surface area contributed by atoms with Crippen LogP contribution < -0.4 is 5.73 Å². The number of rotatable bonds is 3. The van der Waals surface area contributed by atoms with Crippen molar-refractivity contribution in [3.05, 3.63) is 67.3 Å². The fourth-order valence-corrected chi connectivity index (χ4v) is 3.21. The molecule has 3 aromatic heterocycles. The Morgan fingerprint density at radius 2 is 1.84 bits per heavy atom. The van der Waals surface area contributed by atoms with E-state index < -0.39 is 0 Å². The van der Waals surface area contributed by atoms with Crippen LogP contribution >= 0.6 is 0 Å². The number of nitrogens with zero attached hydrogens (tertiary/aromatic N) is 4. The molecule has 0 spiro atoms. The van der Waals surface area contributed by atoms with E-state index in [1.807, 2.05) is 37.4 Å². The molecule has 122 valence electrons. The van der Waals surface area contributed by atoms with Crippen molar-refractivity contribution in [2.24, 2.45) is 7.05 Å². The van der Waals surface area contributed by atoms with E-state index in [4.69, 9.17) is 5.73 Å². The van der Waals surface area contributed by atoms with E-state index in [1.54, 1.807) is 12.3 Å². The lowest BCUT2D eigenvalue weighted by Crippen LogP contribution is -1.96. The first-order chi connectivity index (χ1) is 12.2. The molecule has 0 bridgehead atoms. The van der Waals surface area contributed by atoms with Gasteiger partial charge in [0.25, 0.3) is 0 Å². The fraction of sp³-hybridized carbons (Fsp3) is 0.0500. The van der Waals surface area contributed by atoms with E-state index in [0.717, 1.165) is 39.1 Å². The van der Waals surface area contributed by atoms with Crippen LogP contribution in [0.1, 0.15) is 5.69 Å². The number of anilines is 1. The number of fused-ring (bicyclic) bond motifs is 1. The Bertz CT molecular complexity index is 1080. The smallest absolute Gasteiger partial charge is 0.146 e. The molecule has 0 saturated heterocycles. The van der Waals surface area contributed by atoms with E-state index >= 15 is 0 Å². The number of aryl methyl sites for hydroxylation is 1. The van der Waals surface area contributed by atoms with Gasteiger partial charge in [-0.15, -0.1) is 0 Å². The zero-order valence-electron chi connectivity index (χ0n) is 13.8. The van der Waals surface area contributed by atoms with Crippen molar-refractivity contribution in [1.82, 2.24) is 19.5 Å². The molecule has 0 atom stereocenters. The number of nitrogen functional groups attached to an aromatic ring is 1. The Balaban J connectivity index is 2.15. The van der Waals surface area contributed by atoms with Crippen LogP contribution in [0.3, 0.4) is 0 Å². The van der Waals surface area contributed by atoms with E-state index in [2.05, 4.69) is 38.2 Å². The molecule has 0 radical (unpaired) electrons. The Labute approximate surface area is 145 Å². The van der Waals surface area contributed by atoms with Crippen molar-refractivity contribution in [2.45, 2.75) is 0 Å². The standard InChI is InChI=1S/C20H17N5/c1-3-15-11-14(9-10-22-15)18-16(13-7-5-4-6-8-13)17-19(21)23-12-24-20(17)25(18)2/h3-12H,1H2,2H3,(H2,21,23,24). The topological polar surface area (TPSA) is 69.6 Å². The van der Waals surface area contributed by atoms with Crippen LogP contribution in [0.2, 0.25) is 0 Å². The van der Waals surface area contributed by atoms with Gasteiger partial charge >= 0.3 is 0 Å². The number of hydrogen-bond acceptors (Lipinski definition) is 4. The molecule has 0 fully saturated rings. The average molecular weight is 327 g/mol. The molecule has 2 N–H and O–H groups in total. The fourth-order valence-electron chi connectivity index (χ4n) is 3.21. The number of aromatic nitrogens is 4. The van der Waals surface area contributed by atoms with E-state index in [0.29, 0.717) is 5.82 Å². The third-order valence-corrected chi connectivity index (χ3v) is 4.32. The van der Waals surface area contributed by atoms with Gasteiger partial charge in [-0.25, -0.2) is 9.97 Å². The van der Waals surface area contributed by atoms with Crippen LogP contribution in [0.5, 0.6) is 0 Å². The van der Waals surface area contributed by atoms with Gasteiger partial charge in [0.05, 0.1) is 16.8 Å². The first-order valence-electron chi connectivity index (χ1n) is 7.94. The zero-order valence-corrected chi connectivity index (χ0v) is 13.8. The van der Waals surface area contributed by atoms with Gasteiger partial charge < -0.3 is 10.3 Å². The highest BCUT2D eigenvalue weighted by atomic mass is 15.1. The van der Waals surface area contributed by atoms with Gasteiger partial charge in [-0.1, -0.05) is 36.9 Å². The predicted octanol–water partition coefficient (Wildman–Crippen LogP) is 3.92. The van der Waals surface area contributed by atoms with Crippen LogP contribution in [0, 0.1) is 0 Å². The molecule has 0 unspecified atom stereocenters. The number of benzene rings is 1. The maximum Gasteiger partial charge on any atom is 0.146 e. The largest absolute Gasteiger partial charge is 0.383 e. The van der Waals surface area contributed by atoms with Crippen molar-refractivity contribution in [2.75, 3.05) is 5.73 Å². The highest BCUT2D eigenvalue weighted by Crippen LogP contribution is 2.41. The second kappa shape index (κ2) is 5.87. The lowest BCUT2D eigenvalue weighted by molar-refractivity contribution is 0.952. The molecule has 0 saturated carbocycles. The molecule has 3 heterocycles. The third-order valence-electron chi connectivity index (χ3n) is 4.32. The summed E-state index contributed by atoms with van der Waals surface area (Å²) in [7, 11) is 1.99. The maximum absolute atomic E-state index is 6.22. The predicted molar refractivity (Wildman–Crippen MR) is 102 cm³/mol. The molecule has 0 aliphatic carbocycles. The molecule has 0 aliphatic heterocycles. The van der Waals surface area contributed by atoms with Gasteiger partial charge in [0, 0.05) is 24.4 Å². The van der Waals surface area contributed by atoms with Crippen LogP contribution in [-0.2, 0) is 7.05 Å². The maximum atomic E-state index is 6.22. The van der Waals surface area contributed by atoms with Crippen LogP contribution in [0.25, 0.3) is 39.5 Å². The minimum Gasteiger partial charge on any atom is -0.383 e. The van der Waals surface area contributed by atoms with Gasteiger partial charge in [-0.05, 0) is 23.8 Å². The summed E-state index contributed by atoms with van der Waals surface area (Å²) in [6.45, 7) is 3.81. The van der Waals surface area contributed by atoms with Crippen molar-refractivity contribution in [1.29, 1.82) is 0 Å². The molecule has 4 aromatic rings. The minimum absolute atomic E-state index is 0.476. The first kappa shape index (κ1) is 15.1. The van der Waals surface area contributed by atoms with Gasteiger partial charge in [0.1, 0.15) is 17.8 Å². The third kappa shape index (κ3) is 2.37. The lowest BCUT2D eigenvalue weighted by Gasteiger charge is -2.09. The Kier molecular flexibility index (Phi) is 3.54. The second-order valence-corrected chi connectivity index (χ2v) is 5.78. The highest BCUT2D eigenvalue weighted by molar-refractivity contribution is 6.07. The molecular weight excluding hydrogens is 310 g/mol. The summed E-state index contributed by atoms with van der Waals surface area (Å²) in [5.41, 5.74) is 12.0. The normalized spacial score (nSPS) is 10.9. The second-order valence-electron chi connectivity index (χ2n) is 5.78. The quantitative estimate of drug-likeness (QED) is 0.619. The summed E-state index contributed by atoms with van der Waals surface area (Å²) in [6.07, 6.45) is 5.02. The summed E-state index contributed by atoms with van der Waals surface area (Å²) >= 11 is 0. The average Bonchev–Trinajstić information content (AvgIpc) is 2.96. The van der Waals surface area contributed by atoms with Crippen molar-refractivity contribution in [3.63, 3.8) is 0 Å². The Morgan fingerprint density at radius 1 is 1.04 bits per heavy atom. The van der Waals surface area contributed by atoms with Crippen molar-refractivity contribution < 1.29 is 0 Å². The molecule has 25 heavy (non-hydrogen) atoms. The molecular formula is C20H17N5. The lowest BCUT2D eigenvalue weighted by atomic mass is 9.99. The molecule has 0 aliphatic rings. The molecule has 5 nitrogen and oxygen atoms in total. The van der Waals surface area contributed by atoms with Crippen LogP contribution in [0.4, 0.5) is 5.82 Å². The molecule has 4 rings (SSSR count). The SMILES string of the molecule is C=Cc1cc(-c2c(-c3ccccc3)c3c(N)ncnc3n2C)ccn1. The highest BCUT2D eigenvalue weighted by Gasteiger charge is 2.21. The van der Waals surface area contributed by atoms with Gasteiger partial charge in [0.15, 0.2) is 0 Å². The zero-order chi connectivity index (χ0) is 17.4. The van der Waals surface area contributed by atoms with Crippen LogP contribution in [0.15, 0.2) is 61.6 Å². The van der Waals surface area contributed by atoms with Crippen molar-refractivity contribution in [3.8, 4) is 22.4 Å². The van der Waals surface area contributed by atoms with Gasteiger partial charge in [0.2, 0.25) is 0 Å². The monoisotopic (exact) mass is 327 g/mol. The summed E-state index contributed by atoms with van der Waals surface area (Å²) in [6, 6.07) is 14.2. The number of hydrogen-bond donors (Lipinski definition) is 1. The minimum atomic E-state index is 0.476. The van der Waals surface area contributed by atoms with E-state index in [1.165, 1.54) is 6.33 Å².